The van der Waals surface area contributed by atoms with Crippen molar-refractivity contribution in [3.8, 4) is 0 Å². The van der Waals surface area contributed by atoms with Gasteiger partial charge in [-0.25, -0.2) is 4.98 Å². The quantitative estimate of drug-likeness (QED) is 0.813. The fraction of sp³-hybridized carbons (Fsp3) is 0.438. The summed E-state index contributed by atoms with van der Waals surface area (Å²) in [6, 6.07) is 8.00. The van der Waals surface area contributed by atoms with Crippen LogP contribution in [0.25, 0.3) is 0 Å². The molecule has 1 aromatic heterocycles. The van der Waals surface area contributed by atoms with Crippen LogP contribution in [-0.4, -0.2) is 21.2 Å². The van der Waals surface area contributed by atoms with Crippen molar-refractivity contribution in [2.24, 2.45) is 5.92 Å². The molecule has 2 rings (SSSR count). The van der Waals surface area contributed by atoms with Crippen molar-refractivity contribution in [2.45, 2.75) is 33.5 Å². The van der Waals surface area contributed by atoms with E-state index in [1.807, 2.05) is 30.6 Å². The van der Waals surface area contributed by atoms with E-state index in [9.17, 15) is 0 Å². The number of aliphatic hydroxyl groups excluding tert-OH is 1. The second kappa shape index (κ2) is 7.22. The lowest BCUT2D eigenvalue weighted by molar-refractivity contribution is 0.282. The van der Waals surface area contributed by atoms with Gasteiger partial charge in [0.05, 0.1) is 18.6 Å². The van der Waals surface area contributed by atoms with E-state index < -0.39 is 0 Å². The number of benzene rings is 1. The third-order valence-corrected chi connectivity index (χ3v) is 3.12. The molecular weight excluding hydrogens is 250 g/mol. The Balaban J connectivity index is 1.88. The third-order valence-electron chi connectivity index (χ3n) is 3.12. The maximum atomic E-state index is 9.02. The Morgan fingerprint density at radius 1 is 1.20 bits per heavy atom. The van der Waals surface area contributed by atoms with Gasteiger partial charge in [-0.05, 0) is 23.6 Å². The summed E-state index contributed by atoms with van der Waals surface area (Å²) in [6.07, 6.45) is 3.94. The fourth-order valence-electron chi connectivity index (χ4n) is 2.03. The van der Waals surface area contributed by atoms with Gasteiger partial charge < -0.3 is 15.0 Å². The van der Waals surface area contributed by atoms with Crippen LogP contribution >= 0.6 is 0 Å². The maximum Gasteiger partial charge on any atom is 0.0953 e. The minimum atomic E-state index is 0.0943. The Morgan fingerprint density at radius 3 is 2.55 bits per heavy atom. The first-order chi connectivity index (χ1) is 9.67. The number of aromatic nitrogens is 2. The van der Waals surface area contributed by atoms with Crippen molar-refractivity contribution in [1.29, 1.82) is 0 Å². The second-order valence-electron chi connectivity index (χ2n) is 5.54. The topological polar surface area (TPSA) is 50.1 Å². The van der Waals surface area contributed by atoms with Crippen LogP contribution in [0.5, 0.6) is 0 Å². The molecule has 0 saturated carbocycles. The maximum absolute atomic E-state index is 9.02. The van der Waals surface area contributed by atoms with Gasteiger partial charge in [-0.15, -0.1) is 0 Å². The smallest absolute Gasteiger partial charge is 0.0953 e. The van der Waals surface area contributed by atoms with Gasteiger partial charge >= 0.3 is 0 Å². The van der Waals surface area contributed by atoms with E-state index in [2.05, 4.69) is 34.9 Å². The van der Waals surface area contributed by atoms with Crippen LogP contribution < -0.4 is 5.32 Å². The summed E-state index contributed by atoms with van der Waals surface area (Å²) in [5.41, 5.74) is 3.22. The zero-order valence-electron chi connectivity index (χ0n) is 12.2. The molecular formula is C16H23N3O. The number of nitrogens with one attached hydrogen (secondary N) is 1. The molecule has 0 atom stereocenters. The van der Waals surface area contributed by atoms with Gasteiger partial charge in [-0.1, -0.05) is 38.1 Å². The molecule has 1 aromatic carbocycles. The summed E-state index contributed by atoms with van der Waals surface area (Å²) in [5, 5.41) is 12.4. The first-order valence-electron chi connectivity index (χ1n) is 7.07. The van der Waals surface area contributed by atoms with Crippen LogP contribution in [0.1, 0.15) is 30.7 Å². The lowest BCUT2D eigenvalue weighted by Crippen LogP contribution is -2.19. The largest absolute Gasteiger partial charge is 0.392 e. The van der Waals surface area contributed by atoms with Gasteiger partial charge in [0.2, 0.25) is 0 Å². The fourth-order valence-corrected chi connectivity index (χ4v) is 2.03. The summed E-state index contributed by atoms with van der Waals surface area (Å²) >= 11 is 0. The molecule has 0 spiro atoms. The Kier molecular flexibility index (Phi) is 5.32. The molecule has 0 aliphatic carbocycles. The van der Waals surface area contributed by atoms with E-state index in [-0.39, 0.29) is 6.61 Å². The van der Waals surface area contributed by atoms with Gasteiger partial charge in [-0.2, -0.15) is 0 Å². The zero-order valence-corrected chi connectivity index (χ0v) is 12.2. The predicted molar refractivity (Wildman–Crippen MR) is 80.2 cm³/mol. The van der Waals surface area contributed by atoms with Gasteiger partial charge in [0.1, 0.15) is 0 Å². The summed E-state index contributed by atoms with van der Waals surface area (Å²) in [7, 11) is 0. The zero-order chi connectivity index (χ0) is 14.4. The highest BCUT2D eigenvalue weighted by molar-refractivity contribution is 5.22. The predicted octanol–water partition coefficient (Wildman–Crippen LogP) is 2.17. The van der Waals surface area contributed by atoms with Crippen molar-refractivity contribution >= 4 is 0 Å². The van der Waals surface area contributed by atoms with Crippen LogP contribution in [0.3, 0.4) is 0 Å². The molecule has 0 unspecified atom stereocenters. The van der Waals surface area contributed by atoms with Crippen LogP contribution in [0.15, 0.2) is 36.8 Å². The van der Waals surface area contributed by atoms with E-state index >= 15 is 0 Å². The van der Waals surface area contributed by atoms with Crippen LogP contribution in [0, 0.1) is 5.92 Å². The van der Waals surface area contributed by atoms with Crippen molar-refractivity contribution < 1.29 is 5.11 Å². The first-order valence-corrected chi connectivity index (χ1v) is 7.07. The molecule has 2 aromatic rings. The van der Waals surface area contributed by atoms with E-state index in [0.29, 0.717) is 5.92 Å². The lowest BCUT2D eigenvalue weighted by atomic mass is 10.1. The molecule has 108 valence electrons. The molecule has 0 aliphatic rings. The third kappa shape index (κ3) is 4.47. The Hall–Kier alpha value is -1.65. The van der Waals surface area contributed by atoms with Crippen molar-refractivity contribution in [3.63, 3.8) is 0 Å². The second-order valence-corrected chi connectivity index (χ2v) is 5.54. The average molecular weight is 273 g/mol. The van der Waals surface area contributed by atoms with Crippen molar-refractivity contribution in [3.05, 3.63) is 53.6 Å². The molecule has 0 aliphatic heterocycles. The molecule has 0 bridgehead atoms. The Bertz CT molecular complexity index is 517. The summed E-state index contributed by atoms with van der Waals surface area (Å²) < 4.78 is 2.08. The molecule has 20 heavy (non-hydrogen) atoms. The highest BCUT2D eigenvalue weighted by Gasteiger charge is 2.01. The minimum Gasteiger partial charge on any atom is -0.392 e. The van der Waals surface area contributed by atoms with E-state index in [1.54, 1.807) is 0 Å². The van der Waals surface area contributed by atoms with Gasteiger partial charge in [0.25, 0.3) is 0 Å². The SMILES string of the molecule is CC(C)CNCc1cn(Cc2ccc(CO)cc2)cn1. The molecule has 4 heteroatoms. The highest BCUT2D eigenvalue weighted by Crippen LogP contribution is 2.07. The van der Waals surface area contributed by atoms with E-state index in [4.69, 9.17) is 5.11 Å². The molecule has 2 N–H and O–H groups in total. The Labute approximate surface area is 120 Å². The summed E-state index contributed by atoms with van der Waals surface area (Å²) in [4.78, 5) is 4.40. The van der Waals surface area contributed by atoms with E-state index in [1.165, 1.54) is 5.56 Å². The normalized spacial score (nSPS) is 11.2. The molecule has 0 radical (unpaired) electrons. The molecule has 4 nitrogen and oxygen atoms in total. The number of imidazole rings is 1. The average Bonchev–Trinajstić information content (AvgIpc) is 2.87. The number of rotatable bonds is 7. The summed E-state index contributed by atoms with van der Waals surface area (Å²) in [5.74, 6) is 0.655. The number of hydrogen-bond donors (Lipinski definition) is 2. The summed E-state index contributed by atoms with van der Waals surface area (Å²) in [6.45, 7) is 7.12. The molecule has 0 amide bonds. The van der Waals surface area contributed by atoms with Gasteiger partial charge in [0.15, 0.2) is 0 Å². The first kappa shape index (κ1) is 14.8. The molecule has 0 fully saturated rings. The highest BCUT2D eigenvalue weighted by atomic mass is 16.3. The van der Waals surface area contributed by atoms with Crippen LogP contribution in [0.4, 0.5) is 0 Å². The van der Waals surface area contributed by atoms with E-state index in [0.717, 1.165) is 30.9 Å². The van der Waals surface area contributed by atoms with Crippen molar-refractivity contribution in [2.75, 3.05) is 6.54 Å². The molecule has 1 heterocycles. The lowest BCUT2D eigenvalue weighted by Gasteiger charge is -2.05. The van der Waals surface area contributed by atoms with Crippen LogP contribution in [-0.2, 0) is 19.7 Å². The number of aliphatic hydroxyl groups is 1. The standard InChI is InChI=1S/C16H23N3O/c1-13(2)7-17-8-16-10-19(12-18-16)9-14-3-5-15(11-20)6-4-14/h3-6,10,12-13,17,20H,7-9,11H2,1-2H3. The van der Waals surface area contributed by atoms with Gasteiger partial charge in [-0.3, -0.25) is 0 Å². The van der Waals surface area contributed by atoms with Crippen LogP contribution in [0.2, 0.25) is 0 Å². The minimum absolute atomic E-state index is 0.0943. The Morgan fingerprint density at radius 2 is 1.90 bits per heavy atom. The van der Waals surface area contributed by atoms with Gasteiger partial charge in [0, 0.05) is 19.3 Å². The number of hydrogen-bond acceptors (Lipinski definition) is 3. The monoisotopic (exact) mass is 273 g/mol. The van der Waals surface area contributed by atoms with Crippen molar-refractivity contribution in [1.82, 2.24) is 14.9 Å². The number of nitrogens with zero attached hydrogens (tertiary/aromatic N) is 2. The molecule has 0 saturated heterocycles.